The lowest BCUT2D eigenvalue weighted by atomic mass is 9.84. The molecule has 2 N–H and O–H groups in total. The zero-order chi connectivity index (χ0) is 26.7. The summed E-state index contributed by atoms with van der Waals surface area (Å²) < 4.78 is 44.8. The Morgan fingerprint density at radius 3 is 2.65 bits per heavy atom. The summed E-state index contributed by atoms with van der Waals surface area (Å²) >= 11 is 0. The van der Waals surface area contributed by atoms with Gasteiger partial charge in [0.05, 0.1) is 19.5 Å². The highest BCUT2D eigenvalue weighted by molar-refractivity contribution is 5.88. The maximum atomic E-state index is 13.5. The van der Waals surface area contributed by atoms with Crippen molar-refractivity contribution in [2.75, 3.05) is 6.61 Å². The van der Waals surface area contributed by atoms with E-state index in [1.807, 2.05) is 0 Å². The van der Waals surface area contributed by atoms with Crippen LogP contribution in [0, 0.1) is 5.92 Å². The number of ether oxygens (including phenoxy) is 1. The second-order valence-corrected chi connectivity index (χ2v) is 8.28. The van der Waals surface area contributed by atoms with Crippen molar-refractivity contribution in [1.82, 2.24) is 10.2 Å². The summed E-state index contributed by atoms with van der Waals surface area (Å²) in [5, 5.41) is 12.7. The third-order valence-electron chi connectivity index (χ3n) is 6.26. The molecule has 0 unspecified atom stereocenters. The number of likely N-dealkylation sites (tertiary alicyclic amines) is 1. The fraction of sp³-hybridized carbons (Fsp3) is 0.625. The van der Waals surface area contributed by atoms with Gasteiger partial charge in [0.25, 0.3) is 0 Å². The predicted molar refractivity (Wildman–Crippen MR) is 116 cm³/mol. The summed E-state index contributed by atoms with van der Waals surface area (Å²) in [4.78, 5) is 39.6. The molecule has 0 radical (unpaired) electrons. The number of carboxylic acids is 1. The molecule has 1 saturated carbocycles. The number of hydrogen-bond acceptors (Lipinski definition) is 5. The number of benzene rings is 1. The second kappa shape index (κ2) is 10.8. The van der Waals surface area contributed by atoms with Crippen molar-refractivity contribution < 1.29 is 31.1 Å². The van der Waals surface area contributed by atoms with Gasteiger partial charge in [-0.15, -0.1) is 0 Å². The Morgan fingerprint density at radius 2 is 1.97 bits per heavy atom. The van der Waals surface area contributed by atoms with Gasteiger partial charge in [0.2, 0.25) is 5.91 Å². The summed E-state index contributed by atoms with van der Waals surface area (Å²) in [7, 11) is 0. The normalized spacial score (nSPS) is 27.1. The van der Waals surface area contributed by atoms with E-state index >= 15 is 0 Å². The standard InChI is InChI=1S/C24H34N2O5/c1-3-31-24(30)19(14-13-17-9-5-4-6-10-17)25-16(2)22(27)26-20-12-8-7-11-18(20)15-21(26)23(28)29/h4-6,9-10,16,18-21,25H,3,7-8,11-15H2,1-2H3,(H,28,29)/t16-,18+,19+,20-,21-/m0/s1/i4D,5D,6D,9D,10D. The molecule has 1 aromatic carbocycles. The molecular weight excluding hydrogens is 396 g/mol. The molecule has 1 aliphatic heterocycles. The molecule has 0 aromatic heterocycles. The first kappa shape index (κ1) is 17.2. The molecule has 3 rings (SSSR count). The van der Waals surface area contributed by atoms with Crippen LogP contribution in [-0.4, -0.2) is 58.6 Å². The Labute approximate surface area is 191 Å². The first-order valence-electron chi connectivity index (χ1n) is 13.5. The van der Waals surface area contributed by atoms with E-state index in [-0.39, 0.29) is 49.1 Å². The van der Waals surface area contributed by atoms with E-state index in [0.29, 0.717) is 6.42 Å². The maximum Gasteiger partial charge on any atom is 0.326 e. The van der Waals surface area contributed by atoms with Gasteiger partial charge in [-0.05, 0) is 57.4 Å². The molecule has 2 fully saturated rings. The van der Waals surface area contributed by atoms with Crippen LogP contribution < -0.4 is 5.32 Å². The SMILES string of the molecule is [2H]c1c([2H])c([2H])c(CC[C@@H](N[C@@H](C)C(=O)N2[C@H](C(=O)O)C[C@H]3CCCC[C@@H]32)C(=O)OCC)c([2H])c1[2H]. The first-order chi connectivity index (χ1) is 17.0. The third kappa shape index (κ3) is 5.64. The second-order valence-electron chi connectivity index (χ2n) is 8.28. The van der Waals surface area contributed by atoms with Crippen LogP contribution in [0.3, 0.4) is 0 Å². The van der Waals surface area contributed by atoms with Gasteiger partial charge in [-0.25, -0.2) is 4.79 Å². The maximum absolute atomic E-state index is 13.5. The van der Waals surface area contributed by atoms with Crippen LogP contribution in [0.15, 0.2) is 30.2 Å². The number of nitrogens with zero attached hydrogens (tertiary/aromatic N) is 1. The van der Waals surface area contributed by atoms with Crippen molar-refractivity contribution >= 4 is 17.8 Å². The van der Waals surface area contributed by atoms with Crippen LogP contribution in [0.2, 0.25) is 0 Å². The largest absolute Gasteiger partial charge is 0.480 e. The quantitative estimate of drug-likeness (QED) is 0.579. The molecule has 2 aliphatic rings. The minimum atomic E-state index is -1.03. The van der Waals surface area contributed by atoms with Crippen LogP contribution in [-0.2, 0) is 25.5 Å². The van der Waals surface area contributed by atoms with Crippen molar-refractivity contribution in [3.63, 3.8) is 0 Å². The molecule has 31 heavy (non-hydrogen) atoms. The minimum absolute atomic E-state index is 0.0146. The van der Waals surface area contributed by atoms with E-state index in [0.717, 1.165) is 25.7 Å². The van der Waals surface area contributed by atoms with Crippen molar-refractivity contribution in [1.29, 1.82) is 0 Å². The van der Waals surface area contributed by atoms with Gasteiger partial charge in [-0.1, -0.05) is 43.1 Å². The molecule has 1 aromatic rings. The highest BCUT2D eigenvalue weighted by atomic mass is 16.5. The van der Waals surface area contributed by atoms with Crippen molar-refractivity contribution in [2.45, 2.75) is 83.0 Å². The van der Waals surface area contributed by atoms with Crippen molar-refractivity contribution in [2.24, 2.45) is 5.92 Å². The summed E-state index contributed by atoms with van der Waals surface area (Å²) in [6.07, 6.45) is 4.04. The minimum Gasteiger partial charge on any atom is -0.480 e. The zero-order valence-corrected chi connectivity index (χ0v) is 18.1. The van der Waals surface area contributed by atoms with Crippen molar-refractivity contribution in [3.05, 3.63) is 35.8 Å². The number of esters is 1. The third-order valence-corrected chi connectivity index (χ3v) is 6.26. The number of fused-ring (bicyclic) bond motifs is 1. The van der Waals surface area contributed by atoms with Crippen LogP contribution in [0.5, 0.6) is 0 Å². The number of amides is 1. The summed E-state index contributed by atoms with van der Waals surface area (Å²) in [5.41, 5.74) is 0.0756. The molecule has 1 aliphatic carbocycles. The number of nitrogens with one attached hydrogen (secondary N) is 1. The summed E-state index contributed by atoms with van der Waals surface area (Å²) in [5.74, 6) is -1.90. The van der Waals surface area contributed by atoms with Gasteiger partial charge < -0.3 is 14.7 Å². The lowest BCUT2D eigenvalue weighted by Crippen LogP contribution is -2.55. The number of aliphatic carboxylic acids is 1. The fourth-order valence-electron chi connectivity index (χ4n) is 4.80. The van der Waals surface area contributed by atoms with Crippen LogP contribution in [0.1, 0.15) is 64.8 Å². The van der Waals surface area contributed by atoms with E-state index in [1.54, 1.807) is 13.8 Å². The molecule has 1 saturated heterocycles. The smallest absolute Gasteiger partial charge is 0.326 e. The monoisotopic (exact) mass is 435 g/mol. The van der Waals surface area contributed by atoms with Crippen LogP contribution >= 0.6 is 0 Å². The summed E-state index contributed by atoms with van der Waals surface area (Å²) in [6.45, 7) is 3.32. The van der Waals surface area contributed by atoms with Gasteiger partial charge in [0.15, 0.2) is 0 Å². The Morgan fingerprint density at radius 1 is 1.26 bits per heavy atom. The van der Waals surface area contributed by atoms with E-state index in [2.05, 4.69) is 5.32 Å². The molecule has 5 atom stereocenters. The highest BCUT2D eigenvalue weighted by Crippen LogP contribution is 2.40. The topological polar surface area (TPSA) is 95.9 Å². The van der Waals surface area contributed by atoms with Crippen LogP contribution in [0.25, 0.3) is 0 Å². The Hall–Kier alpha value is -2.41. The molecule has 1 heterocycles. The van der Waals surface area contributed by atoms with E-state index < -0.39 is 54.1 Å². The van der Waals surface area contributed by atoms with Crippen LogP contribution in [0.4, 0.5) is 0 Å². The molecule has 0 spiro atoms. The number of carboxylic acid groups (broad SMARTS) is 1. The fourth-order valence-corrected chi connectivity index (χ4v) is 4.80. The Bertz CT molecular complexity index is 994. The number of hydrogen-bond donors (Lipinski definition) is 2. The van der Waals surface area contributed by atoms with E-state index in [4.69, 9.17) is 11.6 Å². The molecular formula is C24H34N2O5. The number of carbonyl (C=O) groups excluding carboxylic acids is 2. The lowest BCUT2D eigenvalue weighted by molar-refractivity contribution is -0.152. The first-order valence-corrected chi connectivity index (χ1v) is 11.0. The molecule has 1 amide bonds. The van der Waals surface area contributed by atoms with E-state index in [9.17, 15) is 19.5 Å². The van der Waals surface area contributed by atoms with Gasteiger partial charge in [-0.2, -0.15) is 0 Å². The molecule has 170 valence electrons. The van der Waals surface area contributed by atoms with Gasteiger partial charge in [-0.3, -0.25) is 14.9 Å². The van der Waals surface area contributed by atoms with Gasteiger partial charge in [0.1, 0.15) is 12.1 Å². The molecule has 0 bridgehead atoms. The lowest BCUT2D eigenvalue weighted by Gasteiger charge is -2.35. The van der Waals surface area contributed by atoms with Gasteiger partial charge >= 0.3 is 11.9 Å². The predicted octanol–water partition coefficient (Wildman–Crippen LogP) is 2.77. The number of rotatable bonds is 9. The molecule has 7 nitrogen and oxygen atoms in total. The average Bonchev–Trinajstić information content (AvgIpc) is 3.25. The van der Waals surface area contributed by atoms with Gasteiger partial charge in [0, 0.05) is 6.04 Å². The van der Waals surface area contributed by atoms with E-state index in [1.165, 1.54) is 4.90 Å². The molecule has 7 heteroatoms. The Balaban J connectivity index is 1.79. The highest BCUT2D eigenvalue weighted by Gasteiger charge is 2.48. The average molecular weight is 436 g/mol. The van der Waals surface area contributed by atoms with Crippen molar-refractivity contribution in [3.8, 4) is 0 Å². The Kier molecular flexibility index (Phi) is 5.96. The summed E-state index contributed by atoms with van der Waals surface area (Å²) in [6, 6.07) is -4.98. The number of carbonyl (C=O) groups is 3. The zero-order valence-electron chi connectivity index (χ0n) is 23.1.